The molecule has 6 nitrogen and oxygen atoms in total. The smallest absolute Gasteiger partial charge is 0.159 e. The first-order chi connectivity index (χ1) is 12.6. The maximum Gasteiger partial charge on any atom is 0.159 e. The van der Waals surface area contributed by atoms with E-state index in [2.05, 4.69) is 20.5 Å². The Morgan fingerprint density at radius 2 is 0.923 bits per heavy atom. The predicted octanol–water partition coefficient (Wildman–Crippen LogP) is 6.30. The van der Waals surface area contributed by atoms with E-state index in [1.807, 2.05) is 24.3 Å². The molecule has 0 heterocycles. The van der Waals surface area contributed by atoms with Crippen molar-refractivity contribution in [3.63, 3.8) is 0 Å². The lowest BCUT2D eigenvalue weighted by molar-refractivity contribution is 0.101. The molecule has 6 heteroatoms. The first kappa shape index (κ1) is 17.2. The topological polar surface area (TPSA) is 92.5 Å². The van der Waals surface area contributed by atoms with Crippen LogP contribution in [0.1, 0.15) is 17.3 Å². The normalized spacial score (nSPS) is 11.3. The number of nitrogens with zero attached hydrogens (tertiary/aromatic N) is 4. The maximum atomic E-state index is 11.3. The van der Waals surface area contributed by atoms with E-state index < -0.39 is 0 Å². The van der Waals surface area contributed by atoms with E-state index >= 15 is 0 Å². The Morgan fingerprint density at radius 3 is 1.27 bits per heavy atom. The van der Waals surface area contributed by atoms with Gasteiger partial charge in [-0.1, -0.05) is 0 Å². The van der Waals surface area contributed by atoms with E-state index in [9.17, 15) is 4.79 Å². The van der Waals surface area contributed by atoms with Crippen LogP contribution in [0.4, 0.5) is 28.4 Å². The molecule has 0 atom stereocenters. The molecule has 128 valence electrons. The van der Waals surface area contributed by atoms with E-state index in [4.69, 9.17) is 5.73 Å². The lowest BCUT2D eigenvalue weighted by atomic mass is 10.1. The largest absolute Gasteiger partial charge is 0.399 e. The highest BCUT2D eigenvalue weighted by Crippen LogP contribution is 2.24. The second-order valence-corrected chi connectivity index (χ2v) is 5.61. The van der Waals surface area contributed by atoms with Gasteiger partial charge in [0.2, 0.25) is 0 Å². The van der Waals surface area contributed by atoms with Crippen molar-refractivity contribution in [3.8, 4) is 0 Å². The molecule has 0 aliphatic heterocycles. The van der Waals surface area contributed by atoms with Crippen LogP contribution in [0.2, 0.25) is 0 Å². The second-order valence-electron chi connectivity index (χ2n) is 5.61. The molecule has 26 heavy (non-hydrogen) atoms. The summed E-state index contributed by atoms with van der Waals surface area (Å²) in [6.07, 6.45) is 0. The summed E-state index contributed by atoms with van der Waals surface area (Å²) in [7, 11) is 0. The Bertz CT molecular complexity index is 943. The number of carbonyl (C=O) groups is 1. The molecule has 2 N–H and O–H groups in total. The number of anilines is 1. The van der Waals surface area contributed by atoms with Crippen molar-refractivity contribution in [2.75, 3.05) is 5.73 Å². The van der Waals surface area contributed by atoms with Crippen molar-refractivity contribution in [1.82, 2.24) is 0 Å². The lowest BCUT2D eigenvalue weighted by Crippen LogP contribution is -1.89. The number of azo groups is 2. The van der Waals surface area contributed by atoms with Crippen molar-refractivity contribution >= 4 is 34.2 Å². The summed E-state index contributed by atoms with van der Waals surface area (Å²) in [6, 6.07) is 21.4. The molecule has 0 unspecified atom stereocenters. The number of hydrogen-bond donors (Lipinski definition) is 1. The molecule has 0 spiro atoms. The molecule has 0 aliphatic carbocycles. The van der Waals surface area contributed by atoms with E-state index in [1.54, 1.807) is 48.5 Å². The summed E-state index contributed by atoms with van der Waals surface area (Å²) in [4.78, 5) is 11.3. The molecule has 3 aromatic carbocycles. The zero-order chi connectivity index (χ0) is 18.4. The number of rotatable bonds is 5. The van der Waals surface area contributed by atoms with Gasteiger partial charge in [-0.25, -0.2) is 0 Å². The van der Waals surface area contributed by atoms with Gasteiger partial charge in [-0.3, -0.25) is 4.79 Å². The van der Waals surface area contributed by atoms with Gasteiger partial charge in [-0.2, -0.15) is 20.5 Å². The van der Waals surface area contributed by atoms with Crippen molar-refractivity contribution in [2.45, 2.75) is 6.92 Å². The van der Waals surface area contributed by atoms with Gasteiger partial charge in [-0.15, -0.1) is 0 Å². The molecule has 0 aromatic heterocycles. The van der Waals surface area contributed by atoms with Crippen molar-refractivity contribution in [2.24, 2.45) is 20.5 Å². The highest BCUT2D eigenvalue weighted by Gasteiger charge is 1.98. The number of carbonyl (C=O) groups excluding carboxylic acids is 1. The molecule has 0 saturated heterocycles. The van der Waals surface area contributed by atoms with Crippen LogP contribution in [0.3, 0.4) is 0 Å². The van der Waals surface area contributed by atoms with Gasteiger partial charge in [0.05, 0.1) is 22.7 Å². The van der Waals surface area contributed by atoms with Crippen LogP contribution in [0.15, 0.2) is 93.3 Å². The Kier molecular flexibility index (Phi) is 5.24. The van der Waals surface area contributed by atoms with Crippen LogP contribution in [0.5, 0.6) is 0 Å². The van der Waals surface area contributed by atoms with Gasteiger partial charge in [0.25, 0.3) is 0 Å². The third-order valence-corrected chi connectivity index (χ3v) is 3.58. The lowest BCUT2D eigenvalue weighted by Gasteiger charge is -1.97. The fourth-order valence-electron chi connectivity index (χ4n) is 2.12. The molecule has 0 bridgehead atoms. The van der Waals surface area contributed by atoms with Gasteiger partial charge in [0.1, 0.15) is 0 Å². The Hall–Kier alpha value is -3.67. The minimum atomic E-state index is 0.0252. The molecule has 0 radical (unpaired) electrons. The van der Waals surface area contributed by atoms with Gasteiger partial charge < -0.3 is 5.73 Å². The molecule has 0 saturated carbocycles. The molecular formula is C20H17N5O. The first-order valence-electron chi connectivity index (χ1n) is 8.00. The average Bonchev–Trinajstić information content (AvgIpc) is 2.67. The Labute approximate surface area is 151 Å². The van der Waals surface area contributed by atoms with Gasteiger partial charge >= 0.3 is 0 Å². The highest BCUT2D eigenvalue weighted by molar-refractivity contribution is 5.94. The highest BCUT2D eigenvalue weighted by atomic mass is 16.1. The monoisotopic (exact) mass is 343 g/mol. The van der Waals surface area contributed by atoms with Crippen LogP contribution >= 0.6 is 0 Å². The third-order valence-electron chi connectivity index (χ3n) is 3.58. The summed E-state index contributed by atoms with van der Waals surface area (Å²) in [5, 5.41) is 16.7. The number of ketones is 1. The van der Waals surface area contributed by atoms with Crippen LogP contribution in [0, 0.1) is 0 Å². The van der Waals surface area contributed by atoms with E-state index in [0.29, 0.717) is 28.3 Å². The molecule has 0 fully saturated rings. The number of nitrogens with two attached hydrogens (primary N) is 1. The quantitative estimate of drug-likeness (QED) is 0.334. The summed E-state index contributed by atoms with van der Waals surface area (Å²) >= 11 is 0. The number of hydrogen-bond acceptors (Lipinski definition) is 6. The number of Topliss-reactive ketones (excluding diaryl/α,β-unsaturated/α-hetero) is 1. The van der Waals surface area contributed by atoms with Crippen LogP contribution in [-0.2, 0) is 0 Å². The average molecular weight is 343 g/mol. The molecule has 0 aliphatic rings. The maximum absolute atomic E-state index is 11.3. The summed E-state index contributed by atoms with van der Waals surface area (Å²) in [5.41, 5.74) is 9.81. The van der Waals surface area contributed by atoms with Crippen molar-refractivity contribution in [3.05, 3.63) is 78.4 Å². The molecule has 3 aromatic rings. The molecule has 0 amide bonds. The van der Waals surface area contributed by atoms with Gasteiger partial charge in [-0.05, 0) is 79.7 Å². The fourth-order valence-corrected chi connectivity index (χ4v) is 2.12. The van der Waals surface area contributed by atoms with Crippen molar-refractivity contribution in [1.29, 1.82) is 0 Å². The standard InChI is InChI=1S/C20H17N5O/c1-14(26)15-2-6-17(7-3-15)22-24-19-10-12-20(13-11-19)25-23-18-8-4-16(21)5-9-18/h2-13H,21H2,1H3. The predicted molar refractivity (Wildman–Crippen MR) is 102 cm³/mol. The van der Waals surface area contributed by atoms with E-state index in [-0.39, 0.29) is 5.78 Å². The van der Waals surface area contributed by atoms with Crippen LogP contribution in [-0.4, -0.2) is 5.78 Å². The number of benzene rings is 3. The van der Waals surface area contributed by atoms with Gasteiger partial charge in [0.15, 0.2) is 5.78 Å². The van der Waals surface area contributed by atoms with Gasteiger partial charge in [0, 0.05) is 11.3 Å². The van der Waals surface area contributed by atoms with Crippen LogP contribution in [0.25, 0.3) is 0 Å². The Balaban J connectivity index is 1.65. The zero-order valence-electron chi connectivity index (χ0n) is 14.2. The second kappa shape index (κ2) is 7.94. The summed E-state index contributed by atoms with van der Waals surface area (Å²) < 4.78 is 0. The fraction of sp³-hybridized carbons (Fsp3) is 0.0500. The minimum Gasteiger partial charge on any atom is -0.399 e. The Morgan fingerprint density at radius 1 is 0.615 bits per heavy atom. The molecular weight excluding hydrogens is 326 g/mol. The van der Waals surface area contributed by atoms with Crippen molar-refractivity contribution < 1.29 is 4.79 Å². The zero-order valence-corrected chi connectivity index (χ0v) is 14.2. The third kappa shape index (κ3) is 4.67. The SMILES string of the molecule is CC(=O)c1ccc(N=Nc2ccc(N=Nc3ccc(N)cc3)cc2)cc1. The summed E-state index contributed by atoms with van der Waals surface area (Å²) in [6.45, 7) is 1.53. The van der Waals surface area contributed by atoms with E-state index in [0.717, 1.165) is 5.69 Å². The molecule has 3 rings (SSSR count). The first-order valence-corrected chi connectivity index (χ1v) is 8.00. The summed E-state index contributed by atoms with van der Waals surface area (Å²) in [5.74, 6) is 0.0252. The minimum absolute atomic E-state index is 0.0252. The van der Waals surface area contributed by atoms with Crippen LogP contribution < -0.4 is 5.73 Å². The van der Waals surface area contributed by atoms with E-state index in [1.165, 1.54) is 6.92 Å². The number of nitrogen functional groups attached to an aromatic ring is 1.